The van der Waals surface area contributed by atoms with Gasteiger partial charge < -0.3 is 4.98 Å². The number of benzene rings is 1. The predicted octanol–water partition coefficient (Wildman–Crippen LogP) is 5.52. The third-order valence-corrected chi connectivity index (χ3v) is 6.70. The topological polar surface area (TPSA) is 44.8 Å². The van der Waals surface area contributed by atoms with Crippen LogP contribution in [-0.4, -0.2) is 32.9 Å². The van der Waals surface area contributed by atoms with Gasteiger partial charge in [0, 0.05) is 28.0 Å². The minimum Gasteiger partial charge on any atom is -0.340 e. The molecule has 0 radical (unpaired) electrons. The quantitative estimate of drug-likeness (QED) is 0.498. The number of fused-ring (bicyclic) bond motifs is 1. The van der Waals surface area contributed by atoms with Crippen LogP contribution in [0.15, 0.2) is 39.3 Å². The highest BCUT2D eigenvalue weighted by Gasteiger charge is 2.24. The zero-order chi connectivity index (χ0) is 17.4. The van der Waals surface area contributed by atoms with Crippen LogP contribution in [0.4, 0.5) is 0 Å². The molecule has 1 saturated heterocycles. The van der Waals surface area contributed by atoms with Gasteiger partial charge in [-0.15, -0.1) is 0 Å². The van der Waals surface area contributed by atoms with Crippen molar-refractivity contribution in [3.8, 4) is 0 Å². The van der Waals surface area contributed by atoms with Crippen LogP contribution in [0, 0.1) is 0 Å². The Hall–Kier alpha value is -0.950. The van der Waals surface area contributed by atoms with Gasteiger partial charge in [0.05, 0.1) is 5.52 Å². The molecule has 1 N–H and O–H groups in total. The van der Waals surface area contributed by atoms with E-state index in [4.69, 9.17) is 11.6 Å². The lowest BCUT2D eigenvalue weighted by Crippen LogP contribution is -2.34. The number of likely N-dealkylation sites (tertiary alicyclic amines) is 1. The summed E-state index contributed by atoms with van der Waals surface area (Å²) in [5.74, 6) is 1.42. The van der Waals surface area contributed by atoms with E-state index in [-0.39, 0.29) is 0 Å². The van der Waals surface area contributed by atoms with E-state index in [2.05, 4.69) is 69.9 Å². The van der Waals surface area contributed by atoms with Crippen molar-refractivity contribution in [2.24, 2.45) is 0 Å². The third kappa shape index (κ3) is 3.92. The standard InChI is InChI=1S/C18H17Br2ClN4/c19-13-4-3-11(8-14(13)20)9-25-7-1-2-12(10-25)17-22-15-5-6-16(21)23-18(15)24-17/h3-6,8,12H,1-2,7,9-10H2,(H,22,23,24). The van der Waals surface area contributed by atoms with E-state index in [1.54, 1.807) is 6.07 Å². The van der Waals surface area contributed by atoms with Gasteiger partial charge in [0.15, 0.2) is 5.65 Å². The highest BCUT2D eigenvalue weighted by molar-refractivity contribution is 9.13. The molecule has 0 amide bonds. The maximum atomic E-state index is 5.97. The van der Waals surface area contributed by atoms with Gasteiger partial charge in [0.1, 0.15) is 11.0 Å². The molecule has 1 aromatic carbocycles. The first-order chi connectivity index (χ1) is 12.1. The van der Waals surface area contributed by atoms with Crippen molar-refractivity contribution in [2.75, 3.05) is 13.1 Å². The Bertz CT molecular complexity index is 911. The van der Waals surface area contributed by atoms with Crippen molar-refractivity contribution in [1.29, 1.82) is 0 Å². The van der Waals surface area contributed by atoms with Crippen LogP contribution in [0.5, 0.6) is 0 Å². The zero-order valence-electron chi connectivity index (χ0n) is 13.5. The maximum absolute atomic E-state index is 5.97. The number of imidazole rings is 1. The Kier molecular flexibility index (Phi) is 5.13. The number of H-pyrrole nitrogens is 1. The summed E-state index contributed by atoms with van der Waals surface area (Å²) in [6, 6.07) is 10.2. The summed E-state index contributed by atoms with van der Waals surface area (Å²) in [6.45, 7) is 3.07. The number of nitrogens with one attached hydrogen (secondary N) is 1. The molecule has 4 nitrogen and oxygen atoms in total. The lowest BCUT2D eigenvalue weighted by molar-refractivity contribution is 0.197. The average molecular weight is 485 g/mol. The monoisotopic (exact) mass is 482 g/mol. The van der Waals surface area contributed by atoms with Crippen molar-refractivity contribution < 1.29 is 0 Å². The van der Waals surface area contributed by atoms with Gasteiger partial charge in [-0.05, 0) is 81.1 Å². The largest absolute Gasteiger partial charge is 0.340 e. The molecule has 1 aliphatic rings. The minimum atomic E-state index is 0.403. The molecule has 3 heterocycles. The van der Waals surface area contributed by atoms with Crippen molar-refractivity contribution in [3.05, 3.63) is 55.8 Å². The van der Waals surface area contributed by atoms with Crippen LogP contribution in [0.3, 0.4) is 0 Å². The van der Waals surface area contributed by atoms with E-state index < -0.39 is 0 Å². The van der Waals surface area contributed by atoms with E-state index in [9.17, 15) is 0 Å². The Morgan fingerprint density at radius 3 is 2.88 bits per heavy atom. The number of nitrogens with zero attached hydrogens (tertiary/aromatic N) is 3. The summed E-state index contributed by atoms with van der Waals surface area (Å²) in [4.78, 5) is 14.9. The Morgan fingerprint density at radius 1 is 1.16 bits per heavy atom. The molecule has 4 rings (SSSR count). The molecule has 1 unspecified atom stereocenters. The smallest absolute Gasteiger partial charge is 0.179 e. The van der Waals surface area contributed by atoms with Crippen LogP contribution in [0.25, 0.3) is 11.2 Å². The summed E-state index contributed by atoms with van der Waals surface area (Å²) in [5, 5.41) is 0.483. The summed E-state index contributed by atoms with van der Waals surface area (Å²) in [7, 11) is 0. The van der Waals surface area contributed by atoms with Crippen LogP contribution in [0.2, 0.25) is 5.15 Å². The molecule has 3 aromatic rings. The van der Waals surface area contributed by atoms with Gasteiger partial charge in [0.25, 0.3) is 0 Å². The first-order valence-electron chi connectivity index (χ1n) is 8.27. The molecule has 1 aliphatic heterocycles. The summed E-state index contributed by atoms with van der Waals surface area (Å²) in [5.41, 5.74) is 2.97. The van der Waals surface area contributed by atoms with Gasteiger partial charge in [0.2, 0.25) is 0 Å². The molecule has 0 bridgehead atoms. The number of hydrogen-bond acceptors (Lipinski definition) is 3. The number of piperidine rings is 1. The van der Waals surface area contributed by atoms with Crippen molar-refractivity contribution in [2.45, 2.75) is 25.3 Å². The summed E-state index contributed by atoms with van der Waals surface area (Å²) < 4.78 is 2.18. The van der Waals surface area contributed by atoms with Crippen molar-refractivity contribution >= 4 is 54.6 Å². The molecule has 0 spiro atoms. The number of aromatic nitrogens is 3. The SMILES string of the molecule is Clc1ccc2[nH]c(C3CCCN(Cc4ccc(Br)c(Br)c4)C3)nc2n1. The summed E-state index contributed by atoms with van der Waals surface area (Å²) >= 11 is 13.1. The molecule has 130 valence electrons. The second kappa shape index (κ2) is 7.35. The second-order valence-electron chi connectivity index (χ2n) is 6.45. The van der Waals surface area contributed by atoms with Crippen molar-refractivity contribution in [3.63, 3.8) is 0 Å². The van der Waals surface area contributed by atoms with Crippen LogP contribution in [0.1, 0.15) is 30.1 Å². The lowest BCUT2D eigenvalue weighted by atomic mass is 9.97. The average Bonchev–Trinajstić information content (AvgIpc) is 3.02. The number of hydrogen-bond donors (Lipinski definition) is 1. The van der Waals surface area contributed by atoms with Gasteiger partial charge >= 0.3 is 0 Å². The molecule has 0 saturated carbocycles. The van der Waals surface area contributed by atoms with E-state index in [0.717, 1.165) is 46.3 Å². The second-order valence-corrected chi connectivity index (χ2v) is 8.55. The number of halogens is 3. The first kappa shape index (κ1) is 17.5. The van der Waals surface area contributed by atoms with Crippen molar-refractivity contribution in [1.82, 2.24) is 19.9 Å². The molecule has 7 heteroatoms. The number of rotatable bonds is 3. The molecular weight excluding hydrogens is 467 g/mol. The number of pyridine rings is 1. The van der Waals surface area contributed by atoms with E-state index in [1.807, 2.05) is 6.07 Å². The zero-order valence-corrected chi connectivity index (χ0v) is 17.4. The predicted molar refractivity (Wildman–Crippen MR) is 108 cm³/mol. The Labute approximate surface area is 168 Å². The fraction of sp³-hybridized carbons (Fsp3) is 0.333. The highest BCUT2D eigenvalue weighted by Crippen LogP contribution is 2.29. The van der Waals surface area contributed by atoms with E-state index in [1.165, 1.54) is 12.0 Å². The fourth-order valence-corrected chi connectivity index (χ4v) is 4.22. The minimum absolute atomic E-state index is 0.403. The van der Waals surface area contributed by atoms with Gasteiger partial charge in [-0.2, -0.15) is 0 Å². The van der Waals surface area contributed by atoms with Crippen LogP contribution < -0.4 is 0 Å². The Balaban J connectivity index is 1.50. The van der Waals surface area contributed by atoms with Gasteiger partial charge in [-0.25, -0.2) is 9.97 Å². The van der Waals surface area contributed by atoms with Gasteiger partial charge in [-0.1, -0.05) is 17.7 Å². The molecule has 25 heavy (non-hydrogen) atoms. The lowest BCUT2D eigenvalue weighted by Gasteiger charge is -2.31. The van der Waals surface area contributed by atoms with Gasteiger partial charge in [-0.3, -0.25) is 4.90 Å². The maximum Gasteiger partial charge on any atom is 0.179 e. The van der Waals surface area contributed by atoms with E-state index in [0.29, 0.717) is 16.7 Å². The molecule has 1 atom stereocenters. The highest BCUT2D eigenvalue weighted by atomic mass is 79.9. The fourth-order valence-electron chi connectivity index (χ4n) is 3.40. The van der Waals surface area contributed by atoms with E-state index >= 15 is 0 Å². The molecule has 1 fully saturated rings. The Morgan fingerprint density at radius 2 is 2.04 bits per heavy atom. The third-order valence-electron chi connectivity index (χ3n) is 4.61. The summed E-state index contributed by atoms with van der Waals surface area (Å²) in [6.07, 6.45) is 2.32. The molecule has 0 aliphatic carbocycles. The molecule has 2 aromatic heterocycles. The van der Waals surface area contributed by atoms with Crippen LogP contribution in [-0.2, 0) is 6.54 Å². The number of aromatic amines is 1. The van der Waals surface area contributed by atoms with Crippen LogP contribution >= 0.6 is 43.5 Å². The normalized spacial score (nSPS) is 18.8. The first-order valence-corrected chi connectivity index (χ1v) is 10.2. The molecular formula is C18H17Br2ClN4.